The number of H-pyrrole nitrogens is 1. The molecule has 0 aliphatic rings. The van der Waals surface area contributed by atoms with E-state index < -0.39 is 29.5 Å². The van der Waals surface area contributed by atoms with Gasteiger partial charge in [-0.25, -0.2) is 4.79 Å². The van der Waals surface area contributed by atoms with Crippen LogP contribution >= 0.6 is 0 Å². The van der Waals surface area contributed by atoms with Gasteiger partial charge in [0.1, 0.15) is 0 Å². The fraction of sp³-hybridized carbons (Fsp3) is 0.0909. The molecule has 0 aliphatic carbocycles. The number of urea groups is 1. The van der Waals surface area contributed by atoms with Crippen LogP contribution < -0.4 is 10.6 Å². The van der Waals surface area contributed by atoms with Crippen LogP contribution in [0, 0.1) is 0 Å². The largest absolute Gasteiger partial charge is 0.416 e. The zero-order valence-electron chi connectivity index (χ0n) is 17.4. The Hall–Kier alpha value is -4.42. The Morgan fingerprint density at radius 1 is 0.743 bits per heavy atom. The number of carbonyl (C=O) groups is 1. The second kappa shape index (κ2) is 9.08. The SMILES string of the molecule is O=C(Nc1cccc(C(F)(F)F)c1)Nc1ccc(-c2ccc(C(F)(F)F)cc2)c(-c2nn[nH]n2)c1. The molecule has 35 heavy (non-hydrogen) atoms. The highest BCUT2D eigenvalue weighted by molar-refractivity contribution is 6.00. The van der Waals surface area contributed by atoms with E-state index in [4.69, 9.17) is 0 Å². The molecular weight excluding hydrogens is 478 g/mol. The smallest absolute Gasteiger partial charge is 0.308 e. The molecule has 1 aromatic heterocycles. The third-order valence-electron chi connectivity index (χ3n) is 4.83. The van der Waals surface area contributed by atoms with Gasteiger partial charge in [0.25, 0.3) is 0 Å². The van der Waals surface area contributed by atoms with Gasteiger partial charge in [-0.1, -0.05) is 24.3 Å². The van der Waals surface area contributed by atoms with E-state index in [0.717, 1.165) is 30.3 Å². The number of nitrogens with one attached hydrogen (secondary N) is 3. The number of tetrazole rings is 1. The van der Waals surface area contributed by atoms with Crippen molar-refractivity contribution in [1.82, 2.24) is 20.6 Å². The maximum absolute atomic E-state index is 12.9. The van der Waals surface area contributed by atoms with E-state index in [0.29, 0.717) is 16.7 Å². The molecule has 7 nitrogen and oxygen atoms in total. The van der Waals surface area contributed by atoms with Crippen molar-refractivity contribution in [3.63, 3.8) is 0 Å². The van der Waals surface area contributed by atoms with E-state index in [-0.39, 0.29) is 17.2 Å². The standard InChI is InChI=1S/C22H14F6N6O/c23-21(24,25)13-6-4-12(5-7-13)17-9-8-16(11-18(17)19-31-33-34-32-19)30-20(35)29-15-3-1-2-14(10-15)22(26,27)28/h1-11H,(H2,29,30,35)(H,31,32,33,34). The van der Waals surface area contributed by atoms with Crippen molar-refractivity contribution in [2.45, 2.75) is 12.4 Å². The minimum absolute atomic E-state index is 0.0721. The average Bonchev–Trinajstić information content (AvgIpc) is 3.33. The third kappa shape index (κ3) is 5.57. The number of hydrogen-bond acceptors (Lipinski definition) is 4. The average molecular weight is 492 g/mol. The zero-order chi connectivity index (χ0) is 25.2. The van der Waals surface area contributed by atoms with Crippen molar-refractivity contribution in [1.29, 1.82) is 0 Å². The number of benzene rings is 3. The molecule has 3 N–H and O–H groups in total. The van der Waals surface area contributed by atoms with Gasteiger partial charge in [-0.15, -0.1) is 10.2 Å². The molecule has 0 bridgehead atoms. The number of halogens is 6. The first-order valence-electron chi connectivity index (χ1n) is 9.81. The van der Waals surface area contributed by atoms with Gasteiger partial charge in [-0.2, -0.15) is 31.6 Å². The lowest BCUT2D eigenvalue weighted by Gasteiger charge is -2.13. The molecule has 180 valence electrons. The number of hydrogen-bond donors (Lipinski definition) is 3. The van der Waals surface area contributed by atoms with Crippen molar-refractivity contribution in [3.8, 4) is 22.5 Å². The normalized spacial score (nSPS) is 11.8. The number of aromatic nitrogens is 4. The van der Waals surface area contributed by atoms with Crippen LogP contribution in [-0.4, -0.2) is 26.7 Å². The third-order valence-corrected chi connectivity index (χ3v) is 4.83. The summed E-state index contributed by atoms with van der Waals surface area (Å²) in [7, 11) is 0. The molecular formula is C22H14F6N6O. The minimum Gasteiger partial charge on any atom is -0.308 e. The highest BCUT2D eigenvalue weighted by Gasteiger charge is 2.31. The van der Waals surface area contributed by atoms with Gasteiger partial charge < -0.3 is 10.6 Å². The van der Waals surface area contributed by atoms with Crippen molar-refractivity contribution >= 4 is 17.4 Å². The predicted molar refractivity (Wildman–Crippen MR) is 114 cm³/mol. The van der Waals surface area contributed by atoms with Gasteiger partial charge in [0.05, 0.1) is 11.1 Å². The number of nitrogens with zero attached hydrogens (tertiary/aromatic N) is 3. The van der Waals surface area contributed by atoms with Crippen LogP contribution in [0.4, 0.5) is 42.5 Å². The van der Waals surface area contributed by atoms with Crippen LogP contribution in [0.15, 0.2) is 66.7 Å². The Bertz CT molecular complexity index is 1330. The maximum atomic E-state index is 12.9. The second-order valence-corrected chi connectivity index (χ2v) is 7.23. The maximum Gasteiger partial charge on any atom is 0.416 e. The van der Waals surface area contributed by atoms with E-state index in [9.17, 15) is 31.1 Å². The van der Waals surface area contributed by atoms with Gasteiger partial charge >= 0.3 is 18.4 Å². The van der Waals surface area contributed by atoms with Crippen LogP contribution in [0.5, 0.6) is 0 Å². The molecule has 4 aromatic rings. The minimum atomic E-state index is -4.57. The van der Waals surface area contributed by atoms with E-state index in [1.807, 2.05) is 0 Å². The molecule has 0 saturated heterocycles. The summed E-state index contributed by atoms with van der Waals surface area (Å²) in [5.74, 6) is 0.113. The first-order chi connectivity index (χ1) is 16.5. The first-order valence-corrected chi connectivity index (χ1v) is 9.81. The predicted octanol–water partition coefficient (Wildman–Crippen LogP) is 6.22. The summed E-state index contributed by atoms with van der Waals surface area (Å²) in [5, 5.41) is 18.3. The highest BCUT2D eigenvalue weighted by atomic mass is 19.4. The summed E-state index contributed by atoms with van der Waals surface area (Å²) < 4.78 is 77.4. The van der Waals surface area contributed by atoms with Crippen molar-refractivity contribution in [3.05, 3.63) is 77.9 Å². The number of carbonyl (C=O) groups excluding carboxylic acids is 1. The number of rotatable bonds is 4. The van der Waals surface area contributed by atoms with E-state index in [1.165, 1.54) is 36.4 Å². The summed E-state index contributed by atoms with van der Waals surface area (Å²) in [6.07, 6.45) is -9.06. The molecule has 0 fully saturated rings. The van der Waals surface area contributed by atoms with Gasteiger partial charge in [0.2, 0.25) is 5.82 Å². The van der Waals surface area contributed by atoms with Crippen LogP contribution in [0.3, 0.4) is 0 Å². The Kier molecular flexibility index (Phi) is 6.16. The van der Waals surface area contributed by atoms with Crippen LogP contribution in [0.1, 0.15) is 11.1 Å². The van der Waals surface area contributed by atoms with E-state index >= 15 is 0 Å². The number of aromatic amines is 1. The Morgan fingerprint density at radius 2 is 1.40 bits per heavy atom. The van der Waals surface area contributed by atoms with Crippen molar-refractivity contribution in [2.24, 2.45) is 0 Å². The summed E-state index contributed by atoms with van der Waals surface area (Å²) in [5.41, 5.74) is -0.346. The molecule has 1 heterocycles. The Morgan fingerprint density at radius 3 is 2.00 bits per heavy atom. The van der Waals surface area contributed by atoms with E-state index in [1.54, 1.807) is 0 Å². The van der Waals surface area contributed by atoms with Crippen LogP contribution in [0.25, 0.3) is 22.5 Å². The first kappa shape index (κ1) is 23.7. The molecule has 0 atom stereocenters. The molecule has 0 spiro atoms. The van der Waals surface area contributed by atoms with Crippen molar-refractivity contribution < 1.29 is 31.1 Å². The van der Waals surface area contributed by atoms with Crippen molar-refractivity contribution in [2.75, 3.05) is 10.6 Å². The molecule has 0 aliphatic heterocycles. The topological polar surface area (TPSA) is 95.6 Å². The monoisotopic (exact) mass is 492 g/mol. The molecule has 0 saturated carbocycles. The fourth-order valence-electron chi connectivity index (χ4n) is 3.24. The molecule has 3 aromatic carbocycles. The quantitative estimate of drug-likeness (QED) is 0.295. The summed E-state index contributed by atoms with van der Waals surface area (Å²) in [6.45, 7) is 0. The molecule has 0 unspecified atom stereocenters. The molecule has 2 amide bonds. The molecule has 13 heteroatoms. The lowest BCUT2D eigenvalue weighted by Crippen LogP contribution is -2.20. The number of alkyl halides is 6. The van der Waals surface area contributed by atoms with Crippen LogP contribution in [-0.2, 0) is 12.4 Å². The van der Waals surface area contributed by atoms with E-state index in [2.05, 4.69) is 31.3 Å². The summed E-state index contributed by atoms with van der Waals surface area (Å²) in [6, 6.07) is 12.2. The number of anilines is 2. The highest BCUT2D eigenvalue weighted by Crippen LogP contribution is 2.35. The number of amides is 2. The Labute approximate surface area is 193 Å². The van der Waals surface area contributed by atoms with Gasteiger partial charge in [-0.3, -0.25) is 0 Å². The fourth-order valence-corrected chi connectivity index (χ4v) is 3.24. The molecule has 0 radical (unpaired) electrons. The summed E-state index contributed by atoms with van der Waals surface area (Å²) >= 11 is 0. The summed E-state index contributed by atoms with van der Waals surface area (Å²) in [4.78, 5) is 12.4. The van der Waals surface area contributed by atoms with Gasteiger partial charge in [-0.05, 0) is 58.8 Å². The van der Waals surface area contributed by atoms with Gasteiger partial charge in [0.15, 0.2) is 0 Å². The van der Waals surface area contributed by atoms with Crippen LogP contribution in [0.2, 0.25) is 0 Å². The zero-order valence-corrected chi connectivity index (χ0v) is 17.4. The lowest BCUT2D eigenvalue weighted by atomic mass is 9.97. The van der Waals surface area contributed by atoms with Gasteiger partial charge in [0, 0.05) is 16.9 Å². The lowest BCUT2D eigenvalue weighted by molar-refractivity contribution is -0.138. The molecule has 4 rings (SSSR count). The second-order valence-electron chi connectivity index (χ2n) is 7.23. The Balaban J connectivity index is 1.59.